The highest BCUT2D eigenvalue weighted by molar-refractivity contribution is 5.92. The number of nitrogens with zero attached hydrogens (tertiary/aromatic N) is 1. The number of phenolic OH excluding ortho intramolecular Hbond substituents is 1. The number of hydrogen-bond acceptors (Lipinski definition) is 4. The van der Waals surface area contributed by atoms with Crippen LogP contribution in [-0.2, 0) is 6.42 Å². The van der Waals surface area contributed by atoms with Crippen molar-refractivity contribution < 1.29 is 14.3 Å². The number of likely N-dealkylation sites (tertiary alicyclic amines) is 1. The molecule has 144 valence electrons. The van der Waals surface area contributed by atoms with E-state index in [-0.39, 0.29) is 11.7 Å². The smallest absolute Gasteiger partial charge is 0.289 e. The van der Waals surface area contributed by atoms with Crippen LogP contribution in [0.2, 0.25) is 0 Å². The lowest BCUT2D eigenvalue weighted by atomic mass is 9.97. The Morgan fingerprint density at radius 1 is 1.15 bits per heavy atom. The number of aromatic hydroxyl groups is 1. The first-order valence-electron chi connectivity index (χ1n) is 10.1. The number of hydrogen-bond donors (Lipinski definition) is 2. The van der Waals surface area contributed by atoms with E-state index in [0.717, 1.165) is 56.4 Å². The third kappa shape index (κ3) is 4.35. The number of phenols is 1. The lowest BCUT2D eigenvalue weighted by molar-refractivity contribution is 0.0762. The standard InChI is InChI=1S/C22H28N2O3/c25-19-14-16(6-7-18-5-1-2-10-23-18)13-17(15-19)20-8-9-21(27-20)22(26)24-11-3-4-12-24/h8-9,13-15,18,23,25H,1-7,10-12H2. The molecule has 0 saturated carbocycles. The van der Waals surface area contributed by atoms with Crippen LogP contribution in [0, 0.1) is 0 Å². The maximum atomic E-state index is 12.5. The SMILES string of the molecule is O=C(c1ccc(-c2cc(O)cc(CCC3CCCCN3)c2)o1)N1CCCC1. The van der Waals surface area contributed by atoms with Gasteiger partial charge in [0.15, 0.2) is 5.76 Å². The molecule has 2 N–H and O–H groups in total. The van der Waals surface area contributed by atoms with Gasteiger partial charge in [0.2, 0.25) is 0 Å². The van der Waals surface area contributed by atoms with Gasteiger partial charge in [-0.2, -0.15) is 0 Å². The third-order valence-corrected chi connectivity index (χ3v) is 5.67. The Labute approximate surface area is 160 Å². The van der Waals surface area contributed by atoms with Crippen molar-refractivity contribution in [3.8, 4) is 17.1 Å². The van der Waals surface area contributed by atoms with Crippen LogP contribution in [-0.4, -0.2) is 41.6 Å². The summed E-state index contributed by atoms with van der Waals surface area (Å²) >= 11 is 0. The molecule has 1 aromatic carbocycles. The van der Waals surface area contributed by atoms with E-state index in [9.17, 15) is 9.90 Å². The summed E-state index contributed by atoms with van der Waals surface area (Å²) in [5, 5.41) is 13.7. The quantitative estimate of drug-likeness (QED) is 0.838. The summed E-state index contributed by atoms with van der Waals surface area (Å²) in [5.74, 6) is 1.21. The average Bonchev–Trinajstić information content (AvgIpc) is 3.38. The number of furan rings is 1. The highest BCUT2D eigenvalue weighted by Gasteiger charge is 2.22. The van der Waals surface area contributed by atoms with Gasteiger partial charge in [0.05, 0.1) is 0 Å². The van der Waals surface area contributed by atoms with Gasteiger partial charge >= 0.3 is 0 Å². The van der Waals surface area contributed by atoms with Crippen LogP contribution in [0.15, 0.2) is 34.7 Å². The summed E-state index contributed by atoms with van der Waals surface area (Å²) in [6, 6.07) is 9.72. The van der Waals surface area contributed by atoms with Crippen molar-refractivity contribution >= 4 is 5.91 Å². The average molecular weight is 368 g/mol. The number of carbonyl (C=O) groups is 1. The number of rotatable bonds is 5. The fourth-order valence-corrected chi connectivity index (χ4v) is 4.16. The van der Waals surface area contributed by atoms with Gasteiger partial charge in [0.1, 0.15) is 11.5 Å². The normalized spacial score (nSPS) is 20.1. The zero-order valence-corrected chi connectivity index (χ0v) is 15.7. The van der Waals surface area contributed by atoms with Gasteiger partial charge in [-0.1, -0.05) is 6.42 Å². The zero-order valence-electron chi connectivity index (χ0n) is 15.7. The molecule has 1 atom stereocenters. The number of aryl methyl sites for hydroxylation is 1. The van der Waals surface area contributed by atoms with E-state index in [4.69, 9.17) is 4.42 Å². The molecule has 5 heteroatoms. The van der Waals surface area contributed by atoms with Crippen LogP contribution in [0.5, 0.6) is 5.75 Å². The van der Waals surface area contributed by atoms with Gasteiger partial charge in [0, 0.05) is 24.7 Å². The highest BCUT2D eigenvalue weighted by Crippen LogP contribution is 2.29. The van der Waals surface area contributed by atoms with Crippen molar-refractivity contribution in [2.24, 2.45) is 0 Å². The largest absolute Gasteiger partial charge is 0.508 e. The maximum absolute atomic E-state index is 12.5. The van der Waals surface area contributed by atoms with Gasteiger partial charge in [-0.15, -0.1) is 0 Å². The Hall–Kier alpha value is -2.27. The molecule has 3 heterocycles. The lowest BCUT2D eigenvalue weighted by Gasteiger charge is -2.23. The number of nitrogens with one attached hydrogen (secondary N) is 1. The van der Waals surface area contributed by atoms with Gasteiger partial charge in [-0.3, -0.25) is 4.79 Å². The van der Waals surface area contributed by atoms with Gasteiger partial charge in [-0.05, 0) is 81.0 Å². The molecule has 1 amide bonds. The summed E-state index contributed by atoms with van der Waals surface area (Å²) in [7, 11) is 0. The van der Waals surface area contributed by atoms with E-state index in [0.29, 0.717) is 17.6 Å². The molecule has 27 heavy (non-hydrogen) atoms. The third-order valence-electron chi connectivity index (χ3n) is 5.67. The van der Waals surface area contributed by atoms with Gasteiger partial charge in [0.25, 0.3) is 5.91 Å². The molecule has 1 aromatic heterocycles. The monoisotopic (exact) mass is 368 g/mol. The van der Waals surface area contributed by atoms with E-state index < -0.39 is 0 Å². The molecule has 5 nitrogen and oxygen atoms in total. The van der Waals surface area contributed by atoms with E-state index >= 15 is 0 Å². The van der Waals surface area contributed by atoms with Crippen LogP contribution in [0.4, 0.5) is 0 Å². The first-order chi connectivity index (χ1) is 13.2. The number of carbonyl (C=O) groups excluding carboxylic acids is 1. The Balaban J connectivity index is 1.46. The first kappa shape index (κ1) is 18.1. The van der Waals surface area contributed by atoms with Crippen molar-refractivity contribution in [2.45, 2.75) is 51.0 Å². The minimum atomic E-state index is -0.0394. The fourth-order valence-electron chi connectivity index (χ4n) is 4.16. The van der Waals surface area contributed by atoms with E-state index in [2.05, 4.69) is 11.4 Å². The Bertz CT molecular complexity index is 787. The molecule has 0 radical (unpaired) electrons. The summed E-state index contributed by atoms with van der Waals surface area (Å²) < 4.78 is 5.83. The van der Waals surface area contributed by atoms with Crippen molar-refractivity contribution in [3.63, 3.8) is 0 Å². The Morgan fingerprint density at radius 3 is 2.78 bits per heavy atom. The maximum Gasteiger partial charge on any atom is 0.289 e. The molecule has 2 fully saturated rings. The molecule has 4 rings (SSSR count). The van der Waals surface area contributed by atoms with Gasteiger partial charge < -0.3 is 19.7 Å². The molecular weight excluding hydrogens is 340 g/mol. The van der Waals surface area contributed by atoms with Crippen molar-refractivity contribution in [3.05, 3.63) is 41.7 Å². The van der Waals surface area contributed by atoms with Crippen LogP contribution in [0.25, 0.3) is 11.3 Å². The second kappa shape index (κ2) is 8.17. The molecule has 2 saturated heterocycles. The van der Waals surface area contributed by atoms with Crippen LogP contribution < -0.4 is 5.32 Å². The highest BCUT2D eigenvalue weighted by atomic mass is 16.4. The Kier molecular flexibility index (Phi) is 5.48. The fraction of sp³-hybridized carbons (Fsp3) is 0.500. The molecule has 2 aliphatic heterocycles. The van der Waals surface area contributed by atoms with Gasteiger partial charge in [-0.25, -0.2) is 0 Å². The summed E-state index contributed by atoms with van der Waals surface area (Å²) in [6.45, 7) is 2.72. The van der Waals surface area contributed by atoms with Crippen molar-refractivity contribution in [1.82, 2.24) is 10.2 Å². The lowest BCUT2D eigenvalue weighted by Crippen LogP contribution is -2.34. The van der Waals surface area contributed by atoms with Crippen LogP contribution >= 0.6 is 0 Å². The molecule has 0 spiro atoms. The molecular formula is C22H28N2O3. The molecule has 2 aliphatic rings. The number of benzene rings is 1. The summed E-state index contributed by atoms with van der Waals surface area (Å²) in [6.07, 6.45) is 7.90. The van der Waals surface area contributed by atoms with Crippen LogP contribution in [0.3, 0.4) is 0 Å². The van der Waals surface area contributed by atoms with E-state index in [1.54, 1.807) is 12.1 Å². The number of piperidine rings is 1. The molecule has 0 bridgehead atoms. The number of amides is 1. The van der Waals surface area contributed by atoms with Crippen LogP contribution in [0.1, 0.15) is 54.6 Å². The first-order valence-corrected chi connectivity index (χ1v) is 10.1. The molecule has 2 aromatic rings. The predicted octanol–water partition coefficient (Wildman–Crippen LogP) is 3.96. The van der Waals surface area contributed by atoms with Crippen molar-refractivity contribution in [2.75, 3.05) is 19.6 Å². The van der Waals surface area contributed by atoms with E-state index in [1.165, 1.54) is 19.3 Å². The minimum absolute atomic E-state index is 0.0394. The minimum Gasteiger partial charge on any atom is -0.508 e. The Morgan fingerprint density at radius 2 is 2.00 bits per heavy atom. The molecule has 0 aliphatic carbocycles. The molecule has 1 unspecified atom stereocenters. The second-order valence-electron chi connectivity index (χ2n) is 7.74. The second-order valence-corrected chi connectivity index (χ2v) is 7.74. The topological polar surface area (TPSA) is 65.7 Å². The van der Waals surface area contributed by atoms with E-state index in [1.807, 2.05) is 17.0 Å². The van der Waals surface area contributed by atoms with Crippen molar-refractivity contribution in [1.29, 1.82) is 0 Å². The summed E-state index contributed by atoms with van der Waals surface area (Å²) in [5.41, 5.74) is 1.92. The zero-order chi connectivity index (χ0) is 18.6. The predicted molar refractivity (Wildman–Crippen MR) is 105 cm³/mol. The summed E-state index contributed by atoms with van der Waals surface area (Å²) in [4.78, 5) is 14.3.